The predicted molar refractivity (Wildman–Crippen MR) is 74.6 cm³/mol. The predicted octanol–water partition coefficient (Wildman–Crippen LogP) is -0.131. The molecule has 0 aromatic heterocycles. The molecule has 8 nitrogen and oxygen atoms in total. The molecule has 1 rings (SSSR count). The molecule has 0 aliphatic carbocycles. The molecule has 120 valence electrons. The molecule has 8 heteroatoms. The molecule has 0 bridgehead atoms. The number of carbonyl (C=O) groups is 3. The lowest BCUT2D eigenvalue weighted by atomic mass is 10.1. The number of piperidine rings is 1. The zero-order valence-corrected chi connectivity index (χ0v) is 12.3. The SMILES string of the molecule is CCCOC1CCCN(C(=O)N(CC(N)=O)CC(=O)O)C1. The fraction of sp³-hybridized carbons (Fsp3) is 0.769. The molecule has 3 amide bonds. The first-order chi connectivity index (χ1) is 9.93. The lowest BCUT2D eigenvalue weighted by molar-refractivity contribution is -0.138. The number of hydrogen-bond acceptors (Lipinski definition) is 4. The van der Waals surface area contributed by atoms with Gasteiger partial charge in [-0.3, -0.25) is 9.59 Å². The van der Waals surface area contributed by atoms with Gasteiger partial charge >= 0.3 is 12.0 Å². The molecule has 0 spiro atoms. The third-order valence-corrected chi connectivity index (χ3v) is 3.15. The van der Waals surface area contributed by atoms with Gasteiger partial charge in [0.15, 0.2) is 0 Å². The molecule has 1 heterocycles. The second-order valence-electron chi connectivity index (χ2n) is 5.08. The maximum absolute atomic E-state index is 12.3. The van der Waals surface area contributed by atoms with Crippen molar-refractivity contribution in [1.82, 2.24) is 9.80 Å². The van der Waals surface area contributed by atoms with E-state index in [4.69, 9.17) is 15.6 Å². The van der Waals surface area contributed by atoms with E-state index in [0.29, 0.717) is 19.7 Å². The largest absolute Gasteiger partial charge is 0.480 e. The topological polar surface area (TPSA) is 113 Å². The van der Waals surface area contributed by atoms with E-state index in [1.54, 1.807) is 0 Å². The van der Waals surface area contributed by atoms with Gasteiger partial charge in [0.2, 0.25) is 5.91 Å². The van der Waals surface area contributed by atoms with Gasteiger partial charge in [-0.05, 0) is 19.3 Å². The Hall–Kier alpha value is -1.83. The summed E-state index contributed by atoms with van der Waals surface area (Å²) in [5.74, 6) is -1.92. The van der Waals surface area contributed by atoms with E-state index >= 15 is 0 Å². The van der Waals surface area contributed by atoms with E-state index in [2.05, 4.69) is 0 Å². The zero-order chi connectivity index (χ0) is 15.8. The van der Waals surface area contributed by atoms with Gasteiger partial charge in [0, 0.05) is 19.7 Å². The summed E-state index contributed by atoms with van der Waals surface area (Å²) in [6, 6.07) is -0.485. The van der Waals surface area contributed by atoms with E-state index in [1.165, 1.54) is 4.90 Å². The minimum absolute atomic E-state index is 0.0390. The van der Waals surface area contributed by atoms with Gasteiger partial charge in [0.25, 0.3) is 0 Å². The summed E-state index contributed by atoms with van der Waals surface area (Å²) in [6.45, 7) is 2.63. The lowest BCUT2D eigenvalue weighted by Crippen LogP contribution is -2.52. The highest BCUT2D eigenvalue weighted by Crippen LogP contribution is 2.15. The molecule has 1 fully saturated rings. The van der Waals surface area contributed by atoms with Crippen LogP contribution in [-0.4, -0.2) is 71.7 Å². The first kappa shape index (κ1) is 17.2. The van der Waals surface area contributed by atoms with Crippen LogP contribution in [0.3, 0.4) is 0 Å². The van der Waals surface area contributed by atoms with Crippen LogP contribution in [0.4, 0.5) is 4.79 Å². The number of carbonyl (C=O) groups excluding carboxylic acids is 2. The molecule has 3 N–H and O–H groups in total. The van der Waals surface area contributed by atoms with E-state index in [9.17, 15) is 14.4 Å². The Labute approximate surface area is 123 Å². The normalized spacial score (nSPS) is 18.3. The van der Waals surface area contributed by atoms with Gasteiger partial charge in [-0.15, -0.1) is 0 Å². The van der Waals surface area contributed by atoms with Crippen molar-refractivity contribution >= 4 is 17.9 Å². The Balaban J connectivity index is 2.63. The minimum Gasteiger partial charge on any atom is -0.480 e. The Morgan fingerprint density at radius 2 is 2.10 bits per heavy atom. The second kappa shape index (κ2) is 8.46. The summed E-state index contributed by atoms with van der Waals surface area (Å²) in [7, 11) is 0. The maximum Gasteiger partial charge on any atom is 0.323 e. The molecule has 0 radical (unpaired) electrons. The van der Waals surface area contributed by atoms with Crippen molar-refractivity contribution in [3.05, 3.63) is 0 Å². The smallest absolute Gasteiger partial charge is 0.323 e. The van der Waals surface area contributed by atoms with Crippen LogP contribution in [0.15, 0.2) is 0 Å². The second-order valence-corrected chi connectivity index (χ2v) is 5.08. The number of nitrogens with two attached hydrogens (primary N) is 1. The van der Waals surface area contributed by atoms with Crippen molar-refractivity contribution in [2.24, 2.45) is 5.73 Å². The van der Waals surface area contributed by atoms with Crippen LogP contribution >= 0.6 is 0 Å². The van der Waals surface area contributed by atoms with Crippen molar-refractivity contribution in [3.8, 4) is 0 Å². The standard InChI is InChI=1S/C13H23N3O5/c1-2-6-21-10-4-3-5-15(7-10)13(20)16(8-11(14)17)9-12(18)19/h10H,2-9H2,1H3,(H2,14,17)(H,18,19). The van der Waals surface area contributed by atoms with E-state index in [-0.39, 0.29) is 6.10 Å². The number of rotatable bonds is 7. The molecule has 0 saturated carbocycles. The van der Waals surface area contributed by atoms with Crippen molar-refractivity contribution in [2.75, 3.05) is 32.8 Å². The van der Waals surface area contributed by atoms with Gasteiger partial charge in [-0.25, -0.2) is 4.79 Å². The van der Waals surface area contributed by atoms with Crippen LogP contribution in [0, 0.1) is 0 Å². The fourth-order valence-electron chi connectivity index (χ4n) is 2.28. The quantitative estimate of drug-likeness (QED) is 0.680. The average Bonchev–Trinajstić information content (AvgIpc) is 2.43. The molecule has 0 aromatic carbocycles. The van der Waals surface area contributed by atoms with Crippen molar-refractivity contribution in [3.63, 3.8) is 0 Å². The van der Waals surface area contributed by atoms with Crippen molar-refractivity contribution < 1.29 is 24.2 Å². The number of likely N-dealkylation sites (tertiary alicyclic amines) is 1. The molecule has 1 aliphatic heterocycles. The van der Waals surface area contributed by atoms with Gasteiger partial charge in [-0.2, -0.15) is 0 Å². The number of nitrogens with zero attached hydrogens (tertiary/aromatic N) is 2. The summed E-state index contributed by atoms with van der Waals surface area (Å²) in [6.07, 6.45) is 2.52. The molecule has 21 heavy (non-hydrogen) atoms. The maximum atomic E-state index is 12.3. The first-order valence-electron chi connectivity index (χ1n) is 7.09. The van der Waals surface area contributed by atoms with Crippen molar-refractivity contribution in [1.29, 1.82) is 0 Å². The highest BCUT2D eigenvalue weighted by atomic mass is 16.5. The van der Waals surface area contributed by atoms with Gasteiger partial charge in [0.1, 0.15) is 13.1 Å². The summed E-state index contributed by atoms with van der Waals surface area (Å²) < 4.78 is 5.63. The number of carboxylic acids is 1. The highest BCUT2D eigenvalue weighted by molar-refractivity contribution is 5.86. The molecular formula is C13H23N3O5. The average molecular weight is 301 g/mol. The number of primary amides is 1. The molecular weight excluding hydrogens is 278 g/mol. The van der Waals surface area contributed by atoms with Gasteiger partial charge in [-0.1, -0.05) is 6.92 Å². The number of carboxylic acid groups (broad SMARTS) is 1. The zero-order valence-electron chi connectivity index (χ0n) is 12.3. The van der Waals surface area contributed by atoms with Crippen LogP contribution in [0.1, 0.15) is 26.2 Å². The number of ether oxygens (including phenoxy) is 1. The molecule has 1 saturated heterocycles. The number of amides is 3. The Morgan fingerprint density at radius 3 is 2.67 bits per heavy atom. The van der Waals surface area contributed by atoms with Crippen LogP contribution < -0.4 is 5.73 Å². The van der Waals surface area contributed by atoms with Gasteiger partial charge < -0.3 is 25.4 Å². The summed E-state index contributed by atoms with van der Waals surface area (Å²) >= 11 is 0. The van der Waals surface area contributed by atoms with Crippen LogP contribution in [0.25, 0.3) is 0 Å². The molecule has 1 unspecified atom stereocenters. The highest BCUT2D eigenvalue weighted by Gasteiger charge is 2.29. The lowest BCUT2D eigenvalue weighted by Gasteiger charge is -2.35. The molecule has 1 aliphatic rings. The number of urea groups is 1. The Morgan fingerprint density at radius 1 is 1.38 bits per heavy atom. The molecule has 1 atom stereocenters. The van der Waals surface area contributed by atoms with E-state index < -0.39 is 31.0 Å². The Bertz CT molecular complexity index is 372. The monoisotopic (exact) mass is 301 g/mol. The van der Waals surface area contributed by atoms with E-state index in [1.807, 2.05) is 6.92 Å². The first-order valence-corrected chi connectivity index (χ1v) is 7.09. The Kier molecular flexibility index (Phi) is 6.93. The number of aliphatic carboxylic acids is 1. The van der Waals surface area contributed by atoms with Crippen LogP contribution in [0.2, 0.25) is 0 Å². The minimum atomic E-state index is -1.18. The van der Waals surface area contributed by atoms with Crippen LogP contribution in [-0.2, 0) is 14.3 Å². The number of hydrogen-bond donors (Lipinski definition) is 2. The fourth-order valence-corrected chi connectivity index (χ4v) is 2.28. The van der Waals surface area contributed by atoms with E-state index in [0.717, 1.165) is 24.2 Å². The summed E-state index contributed by atoms with van der Waals surface area (Å²) in [4.78, 5) is 36.6. The third kappa shape index (κ3) is 5.99. The van der Waals surface area contributed by atoms with Crippen molar-refractivity contribution in [2.45, 2.75) is 32.3 Å². The van der Waals surface area contributed by atoms with Crippen LogP contribution in [0.5, 0.6) is 0 Å². The third-order valence-electron chi connectivity index (χ3n) is 3.15. The molecule has 0 aromatic rings. The summed E-state index contributed by atoms with van der Waals surface area (Å²) in [5, 5.41) is 8.82. The summed E-state index contributed by atoms with van der Waals surface area (Å²) in [5.41, 5.74) is 5.06. The van der Waals surface area contributed by atoms with Gasteiger partial charge in [0.05, 0.1) is 6.10 Å².